The molecule has 0 spiro atoms. The number of aromatic nitrogens is 2. The van der Waals surface area contributed by atoms with Gasteiger partial charge in [-0.3, -0.25) is 4.79 Å². The van der Waals surface area contributed by atoms with Crippen molar-refractivity contribution in [3.63, 3.8) is 0 Å². The van der Waals surface area contributed by atoms with Gasteiger partial charge in [0.15, 0.2) is 5.76 Å². The molecule has 0 atom stereocenters. The van der Waals surface area contributed by atoms with Gasteiger partial charge >= 0.3 is 0 Å². The Kier molecular flexibility index (Phi) is 5.05. The van der Waals surface area contributed by atoms with Crippen LogP contribution in [-0.4, -0.2) is 17.1 Å². The molecule has 2 N–H and O–H groups in total. The molecule has 8 heteroatoms. The maximum atomic E-state index is 13.4. The van der Waals surface area contributed by atoms with Gasteiger partial charge in [0.05, 0.1) is 18.9 Å². The van der Waals surface area contributed by atoms with Crippen molar-refractivity contribution in [2.45, 2.75) is 6.92 Å². The van der Waals surface area contributed by atoms with Crippen LogP contribution in [0.1, 0.15) is 5.56 Å². The summed E-state index contributed by atoms with van der Waals surface area (Å²) >= 11 is 0. The molecule has 0 aliphatic heterocycles. The first kappa shape index (κ1) is 19.4. The summed E-state index contributed by atoms with van der Waals surface area (Å²) in [6.45, 7) is 1.85. The largest absolute Gasteiger partial charge is 0.497 e. The van der Waals surface area contributed by atoms with E-state index in [0.717, 1.165) is 23.8 Å². The van der Waals surface area contributed by atoms with E-state index in [2.05, 4.69) is 15.3 Å². The lowest BCUT2D eigenvalue weighted by Crippen LogP contribution is -2.09. The standard InChI is InChI=1S/C22H17F2N3O3/c1-12-3-4-25-21(28)20(12)14-5-13(6-18(7-14)29-2)19-11-26-22(30-19)27-17-9-15(23)8-16(24)10-17/h3-11H,1-2H3,(H,25,28)(H,26,27). The van der Waals surface area contributed by atoms with E-state index in [4.69, 9.17) is 9.15 Å². The Balaban J connectivity index is 1.72. The third kappa shape index (κ3) is 3.93. The number of methoxy groups -OCH3 is 1. The molecular weight excluding hydrogens is 392 g/mol. The number of pyridine rings is 1. The molecule has 0 bridgehead atoms. The van der Waals surface area contributed by atoms with Crippen molar-refractivity contribution in [3.05, 3.63) is 82.4 Å². The van der Waals surface area contributed by atoms with Crippen LogP contribution in [0.15, 0.2) is 64.1 Å². The van der Waals surface area contributed by atoms with Crippen LogP contribution in [0.25, 0.3) is 22.5 Å². The van der Waals surface area contributed by atoms with E-state index in [1.54, 1.807) is 24.4 Å². The maximum absolute atomic E-state index is 13.4. The highest BCUT2D eigenvalue weighted by atomic mass is 19.1. The van der Waals surface area contributed by atoms with E-state index in [-0.39, 0.29) is 17.3 Å². The number of nitrogens with zero attached hydrogens (tertiary/aromatic N) is 1. The molecule has 152 valence electrons. The lowest BCUT2D eigenvalue weighted by atomic mass is 9.99. The van der Waals surface area contributed by atoms with Crippen LogP contribution < -0.4 is 15.6 Å². The molecule has 0 unspecified atom stereocenters. The van der Waals surface area contributed by atoms with Gasteiger partial charge in [-0.15, -0.1) is 0 Å². The number of nitrogens with one attached hydrogen (secondary N) is 2. The van der Waals surface area contributed by atoms with Crippen LogP contribution in [0.4, 0.5) is 20.5 Å². The van der Waals surface area contributed by atoms with Crippen molar-refractivity contribution < 1.29 is 17.9 Å². The van der Waals surface area contributed by atoms with E-state index in [1.165, 1.54) is 13.3 Å². The SMILES string of the molecule is COc1cc(-c2cnc(Nc3cc(F)cc(F)c3)o2)cc(-c2c(C)cc[nH]c2=O)c1. The smallest absolute Gasteiger partial charge is 0.299 e. The van der Waals surface area contributed by atoms with Gasteiger partial charge in [-0.05, 0) is 54.4 Å². The molecule has 30 heavy (non-hydrogen) atoms. The van der Waals surface area contributed by atoms with Gasteiger partial charge in [-0.25, -0.2) is 13.8 Å². The predicted octanol–water partition coefficient (Wildman–Crippen LogP) is 5.04. The normalized spacial score (nSPS) is 10.8. The van der Waals surface area contributed by atoms with E-state index in [0.29, 0.717) is 28.2 Å². The molecule has 0 saturated carbocycles. The first-order valence-corrected chi connectivity index (χ1v) is 9.00. The fourth-order valence-electron chi connectivity index (χ4n) is 3.15. The molecule has 4 aromatic rings. The van der Waals surface area contributed by atoms with Crippen LogP contribution in [0, 0.1) is 18.6 Å². The molecule has 0 radical (unpaired) electrons. The van der Waals surface area contributed by atoms with E-state index >= 15 is 0 Å². The average Bonchev–Trinajstić information content (AvgIpc) is 3.15. The topological polar surface area (TPSA) is 80.2 Å². The highest BCUT2D eigenvalue weighted by Gasteiger charge is 2.14. The number of anilines is 2. The Labute approximate surface area is 170 Å². The number of halogens is 2. The second-order valence-corrected chi connectivity index (χ2v) is 6.63. The van der Waals surface area contributed by atoms with Gasteiger partial charge in [0.1, 0.15) is 17.4 Å². The van der Waals surface area contributed by atoms with Crippen LogP contribution in [0.2, 0.25) is 0 Å². The van der Waals surface area contributed by atoms with Crippen LogP contribution in [-0.2, 0) is 0 Å². The molecule has 4 rings (SSSR count). The summed E-state index contributed by atoms with van der Waals surface area (Å²) in [7, 11) is 1.52. The number of aryl methyl sites for hydroxylation is 1. The Morgan fingerprint density at radius 1 is 1.07 bits per heavy atom. The highest BCUT2D eigenvalue weighted by molar-refractivity contribution is 5.74. The highest BCUT2D eigenvalue weighted by Crippen LogP contribution is 2.33. The first-order chi connectivity index (χ1) is 14.4. The van der Waals surface area contributed by atoms with E-state index in [1.807, 2.05) is 13.0 Å². The summed E-state index contributed by atoms with van der Waals surface area (Å²) in [5, 5.41) is 2.72. The predicted molar refractivity (Wildman–Crippen MR) is 109 cm³/mol. The maximum Gasteiger partial charge on any atom is 0.299 e. The van der Waals surface area contributed by atoms with Gasteiger partial charge in [0, 0.05) is 23.5 Å². The van der Waals surface area contributed by atoms with Crippen molar-refractivity contribution in [2.75, 3.05) is 12.4 Å². The van der Waals surface area contributed by atoms with Crippen molar-refractivity contribution in [3.8, 4) is 28.2 Å². The molecule has 2 heterocycles. The number of hydrogen-bond acceptors (Lipinski definition) is 5. The summed E-state index contributed by atoms with van der Waals surface area (Å²) in [5.41, 5.74) is 2.55. The molecule has 0 amide bonds. The number of ether oxygens (including phenoxy) is 1. The van der Waals surface area contributed by atoms with Gasteiger partial charge in [-0.2, -0.15) is 0 Å². The minimum absolute atomic E-state index is 0.0631. The Hall–Kier alpha value is -3.94. The summed E-state index contributed by atoms with van der Waals surface area (Å²) in [6, 6.07) is 10.2. The average molecular weight is 409 g/mol. The number of oxazole rings is 1. The van der Waals surface area contributed by atoms with Gasteiger partial charge in [0.25, 0.3) is 11.6 Å². The molecule has 0 fully saturated rings. The number of aromatic amines is 1. The second-order valence-electron chi connectivity index (χ2n) is 6.63. The van der Waals surface area contributed by atoms with E-state index < -0.39 is 11.6 Å². The third-order valence-corrected chi connectivity index (χ3v) is 4.50. The number of hydrogen-bond donors (Lipinski definition) is 2. The van der Waals surface area contributed by atoms with Crippen LogP contribution in [0.5, 0.6) is 5.75 Å². The van der Waals surface area contributed by atoms with Gasteiger partial charge in [-0.1, -0.05) is 0 Å². The molecule has 0 aliphatic rings. The van der Waals surface area contributed by atoms with Crippen molar-refractivity contribution in [2.24, 2.45) is 0 Å². The monoisotopic (exact) mass is 409 g/mol. The summed E-state index contributed by atoms with van der Waals surface area (Å²) in [4.78, 5) is 19.1. The van der Waals surface area contributed by atoms with E-state index in [9.17, 15) is 13.6 Å². The second kappa shape index (κ2) is 7.82. The molecule has 2 aromatic heterocycles. The number of benzene rings is 2. The minimum Gasteiger partial charge on any atom is -0.497 e. The first-order valence-electron chi connectivity index (χ1n) is 9.00. The zero-order chi connectivity index (χ0) is 21.3. The molecule has 6 nitrogen and oxygen atoms in total. The van der Waals surface area contributed by atoms with Gasteiger partial charge in [0.2, 0.25) is 0 Å². The van der Waals surface area contributed by atoms with Crippen molar-refractivity contribution >= 4 is 11.7 Å². The lowest BCUT2D eigenvalue weighted by Gasteiger charge is -2.09. The van der Waals surface area contributed by atoms with Crippen LogP contribution >= 0.6 is 0 Å². The third-order valence-electron chi connectivity index (χ3n) is 4.50. The fourth-order valence-corrected chi connectivity index (χ4v) is 3.15. The Morgan fingerprint density at radius 3 is 2.50 bits per heavy atom. The Bertz CT molecular complexity index is 1260. The molecule has 0 aliphatic carbocycles. The van der Waals surface area contributed by atoms with Gasteiger partial charge < -0.3 is 19.5 Å². The summed E-state index contributed by atoms with van der Waals surface area (Å²) in [6.07, 6.45) is 3.06. The van der Waals surface area contributed by atoms with Crippen molar-refractivity contribution in [1.82, 2.24) is 9.97 Å². The molecular formula is C22H17F2N3O3. The molecule has 0 saturated heterocycles. The van der Waals surface area contributed by atoms with Crippen LogP contribution in [0.3, 0.4) is 0 Å². The molecule has 2 aromatic carbocycles. The summed E-state index contributed by atoms with van der Waals surface area (Å²) in [5.74, 6) is -0.516. The lowest BCUT2D eigenvalue weighted by molar-refractivity contribution is 0.415. The number of rotatable bonds is 5. The Morgan fingerprint density at radius 2 is 1.80 bits per heavy atom. The fraction of sp³-hybridized carbons (Fsp3) is 0.0909. The summed E-state index contributed by atoms with van der Waals surface area (Å²) < 4.78 is 37.8. The zero-order valence-corrected chi connectivity index (χ0v) is 16.1. The zero-order valence-electron chi connectivity index (χ0n) is 16.1. The quantitative estimate of drug-likeness (QED) is 0.483. The minimum atomic E-state index is -0.717. The number of H-pyrrole nitrogens is 1. The van der Waals surface area contributed by atoms with Crippen molar-refractivity contribution in [1.29, 1.82) is 0 Å².